The molecule has 1 aromatic carbocycles. The molecule has 1 heterocycles. The van der Waals surface area contributed by atoms with Crippen molar-refractivity contribution < 1.29 is 9.90 Å². The summed E-state index contributed by atoms with van der Waals surface area (Å²) in [5.74, 6) is 5.38. The van der Waals surface area contributed by atoms with Gasteiger partial charge >= 0.3 is 0 Å². The molecule has 0 spiro atoms. The zero-order chi connectivity index (χ0) is 15.2. The molecule has 1 aromatic heterocycles. The molecule has 0 saturated heterocycles. The molecule has 3 nitrogen and oxygen atoms in total. The van der Waals surface area contributed by atoms with E-state index in [1.165, 1.54) is 16.9 Å². The van der Waals surface area contributed by atoms with Crippen LogP contribution in [0.3, 0.4) is 0 Å². The average molecular weight is 299 g/mol. The molecular weight excluding hydrogens is 282 g/mol. The number of nitrogens with zero attached hydrogens (tertiary/aromatic N) is 1. The molecule has 0 bridgehead atoms. The van der Waals surface area contributed by atoms with Gasteiger partial charge in [-0.1, -0.05) is 36.1 Å². The van der Waals surface area contributed by atoms with Gasteiger partial charge in [-0.3, -0.25) is 4.79 Å². The van der Waals surface area contributed by atoms with Gasteiger partial charge < -0.3 is 10.0 Å². The predicted octanol–water partition coefficient (Wildman–Crippen LogP) is 2.67. The van der Waals surface area contributed by atoms with Crippen molar-refractivity contribution in [1.29, 1.82) is 0 Å². The van der Waals surface area contributed by atoms with E-state index in [9.17, 15) is 4.79 Å². The minimum Gasteiger partial charge on any atom is -0.384 e. The van der Waals surface area contributed by atoms with Crippen LogP contribution in [0.4, 0.5) is 0 Å². The van der Waals surface area contributed by atoms with E-state index < -0.39 is 0 Å². The fourth-order valence-corrected chi connectivity index (χ4v) is 2.72. The van der Waals surface area contributed by atoms with Crippen LogP contribution in [0, 0.1) is 18.8 Å². The molecule has 0 aliphatic carbocycles. The van der Waals surface area contributed by atoms with Crippen LogP contribution in [-0.4, -0.2) is 29.6 Å². The highest BCUT2D eigenvalue weighted by Crippen LogP contribution is 2.17. The molecule has 0 atom stereocenters. The summed E-state index contributed by atoms with van der Waals surface area (Å²) in [7, 11) is 1.80. The van der Waals surface area contributed by atoms with E-state index in [0.29, 0.717) is 12.1 Å². The summed E-state index contributed by atoms with van der Waals surface area (Å²) >= 11 is 1.41. The quantitative estimate of drug-likeness (QED) is 0.885. The fourth-order valence-electron chi connectivity index (χ4n) is 1.98. The largest absolute Gasteiger partial charge is 0.384 e. The van der Waals surface area contributed by atoms with Gasteiger partial charge in [0.1, 0.15) is 6.61 Å². The molecule has 0 saturated carbocycles. The summed E-state index contributed by atoms with van der Waals surface area (Å²) in [5.41, 5.74) is 2.96. The first-order valence-corrected chi connectivity index (χ1v) is 7.48. The lowest BCUT2D eigenvalue weighted by Gasteiger charge is -2.17. The highest BCUT2D eigenvalue weighted by Gasteiger charge is 2.14. The third-order valence-electron chi connectivity index (χ3n) is 3.15. The number of hydrogen-bond acceptors (Lipinski definition) is 3. The monoisotopic (exact) mass is 299 g/mol. The highest BCUT2D eigenvalue weighted by atomic mass is 32.1. The number of hydrogen-bond donors (Lipinski definition) is 1. The lowest BCUT2D eigenvalue weighted by Crippen LogP contribution is -2.26. The van der Waals surface area contributed by atoms with Crippen LogP contribution in [0.5, 0.6) is 0 Å². The third kappa shape index (κ3) is 3.94. The SMILES string of the molecule is Cc1ccccc1CN(C)C(=O)c1csc(C#CCO)c1. The Kier molecular flexibility index (Phi) is 5.15. The van der Waals surface area contributed by atoms with Gasteiger partial charge in [-0.05, 0) is 24.1 Å². The summed E-state index contributed by atoms with van der Waals surface area (Å²) in [4.78, 5) is 14.9. The number of amides is 1. The summed E-state index contributed by atoms with van der Waals surface area (Å²) in [6.45, 7) is 2.45. The molecule has 21 heavy (non-hydrogen) atoms. The van der Waals surface area contributed by atoms with Crippen molar-refractivity contribution >= 4 is 17.2 Å². The molecule has 0 unspecified atom stereocenters. The van der Waals surface area contributed by atoms with E-state index in [0.717, 1.165) is 10.4 Å². The minimum atomic E-state index is -0.172. The molecule has 0 radical (unpaired) electrons. The van der Waals surface area contributed by atoms with Gasteiger partial charge in [0, 0.05) is 19.0 Å². The van der Waals surface area contributed by atoms with E-state index >= 15 is 0 Å². The maximum atomic E-state index is 12.4. The molecular formula is C17H17NO2S. The molecule has 2 aromatic rings. The van der Waals surface area contributed by atoms with Crippen LogP contribution in [-0.2, 0) is 6.54 Å². The molecule has 0 fully saturated rings. The second kappa shape index (κ2) is 7.07. The number of benzene rings is 1. The number of aliphatic hydroxyl groups is 1. The van der Waals surface area contributed by atoms with Crippen LogP contribution < -0.4 is 0 Å². The lowest BCUT2D eigenvalue weighted by molar-refractivity contribution is 0.0785. The number of aryl methyl sites for hydroxylation is 1. The van der Waals surface area contributed by atoms with Gasteiger partial charge in [0.2, 0.25) is 0 Å². The Morgan fingerprint density at radius 3 is 2.86 bits per heavy atom. The van der Waals surface area contributed by atoms with Crippen molar-refractivity contribution in [1.82, 2.24) is 4.90 Å². The first-order valence-electron chi connectivity index (χ1n) is 6.60. The minimum absolute atomic E-state index is 0.0217. The van der Waals surface area contributed by atoms with Crippen LogP contribution >= 0.6 is 11.3 Å². The maximum Gasteiger partial charge on any atom is 0.254 e. The topological polar surface area (TPSA) is 40.5 Å². The molecule has 0 aliphatic heterocycles. The molecule has 0 aliphatic rings. The Morgan fingerprint density at radius 2 is 2.14 bits per heavy atom. The van der Waals surface area contributed by atoms with E-state index in [1.807, 2.05) is 31.2 Å². The lowest BCUT2D eigenvalue weighted by atomic mass is 10.1. The number of aliphatic hydroxyl groups excluding tert-OH is 1. The van der Waals surface area contributed by atoms with Crippen LogP contribution in [0.2, 0.25) is 0 Å². The van der Waals surface area contributed by atoms with Gasteiger partial charge in [0.25, 0.3) is 5.91 Å². The van der Waals surface area contributed by atoms with Crippen molar-refractivity contribution in [3.63, 3.8) is 0 Å². The van der Waals surface area contributed by atoms with Crippen molar-refractivity contribution in [2.24, 2.45) is 0 Å². The van der Waals surface area contributed by atoms with Crippen LogP contribution in [0.25, 0.3) is 0 Å². The second-order valence-electron chi connectivity index (χ2n) is 4.75. The van der Waals surface area contributed by atoms with Gasteiger partial charge in [0.05, 0.1) is 10.4 Å². The summed E-state index contributed by atoms with van der Waals surface area (Å²) < 4.78 is 0. The van der Waals surface area contributed by atoms with Crippen molar-refractivity contribution in [3.05, 3.63) is 57.3 Å². The maximum absolute atomic E-state index is 12.4. The first kappa shape index (κ1) is 15.3. The van der Waals surface area contributed by atoms with Crippen molar-refractivity contribution in [2.45, 2.75) is 13.5 Å². The second-order valence-corrected chi connectivity index (χ2v) is 5.66. The van der Waals surface area contributed by atoms with Crippen LogP contribution in [0.1, 0.15) is 26.4 Å². The normalized spacial score (nSPS) is 9.86. The van der Waals surface area contributed by atoms with Crippen LogP contribution in [0.15, 0.2) is 35.7 Å². The van der Waals surface area contributed by atoms with E-state index in [4.69, 9.17) is 5.11 Å². The summed E-state index contributed by atoms with van der Waals surface area (Å²) in [6.07, 6.45) is 0. The van der Waals surface area contributed by atoms with Gasteiger partial charge in [-0.25, -0.2) is 0 Å². The molecule has 1 amide bonds. The number of carbonyl (C=O) groups is 1. The fraction of sp³-hybridized carbons (Fsp3) is 0.235. The van der Waals surface area contributed by atoms with Crippen molar-refractivity contribution in [2.75, 3.05) is 13.7 Å². The standard InChI is InChI=1S/C17H17NO2S/c1-13-6-3-4-7-14(13)11-18(2)17(20)15-10-16(21-12-15)8-5-9-19/h3-4,6-7,10,12,19H,9,11H2,1-2H3. The van der Waals surface area contributed by atoms with Crippen molar-refractivity contribution in [3.8, 4) is 11.8 Å². The average Bonchev–Trinajstić information content (AvgIpc) is 2.95. The zero-order valence-corrected chi connectivity index (χ0v) is 12.9. The molecule has 108 valence electrons. The predicted molar refractivity (Wildman–Crippen MR) is 85.3 cm³/mol. The molecule has 1 N–H and O–H groups in total. The zero-order valence-electron chi connectivity index (χ0n) is 12.1. The summed E-state index contributed by atoms with van der Waals surface area (Å²) in [5, 5.41) is 10.5. The van der Waals surface area contributed by atoms with E-state index in [2.05, 4.69) is 11.8 Å². The number of rotatable bonds is 3. The third-order valence-corrected chi connectivity index (χ3v) is 4.00. The van der Waals surface area contributed by atoms with Gasteiger partial charge in [-0.2, -0.15) is 0 Å². The Labute approximate surface area is 128 Å². The summed E-state index contributed by atoms with van der Waals surface area (Å²) in [6, 6.07) is 9.81. The molecule has 4 heteroatoms. The highest BCUT2D eigenvalue weighted by molar-refractivity contribution is 7.10. The Balaban J connectivity index is 2.09. The van der Waals surface area contributed by atoms with Gasteiger partial charge in [0.15, 0.2) is 0 Å². The first-order chi connectivity index (χ1) is 10.1. The smallest absolute Gasteiger partial charge is 0.254 e. The Hall–Kier alpha value is -2.09. The Bertz CT molecular complexity index is 694. The number of carbonyl (C=O) groups excluding carboxylic acids is 1. The van der Waals surface area contributed by atoms with E-state index in [1.54, 1.807) is 23.4 Å². The van der Waals surface area contributed by atoms with E-state index in [-0.39, 0.29) is 12.5 Å². The molecule has 2 rings (SSSR count). The number of thiophene rings is 1. The Morgan fingerprint density at radius 1 is 1.38 bits per heavy atom. The van der Waals surface area contributed by atoms with Gasteiger partial charge in [-0.15, -0.1) is 11.3 Å².